The molecular weight excluding hydrogens is 164 g/mol. The minimum absolute atomic E-state index is 0.398. The molecule has 1 aromatic rings. The maximum Gasteiger partial charge on any atom is 0.0950 e. The van der Waals surface area contributed by atoms with Gasteiger partial charge in [0, 0.05) is 6.54 Å². The zero-order valence-corrected chi connectivity index (χ0v) is 8.14. The monoisotopic (exact) mass is 180 g/mol. The Kier molecular flexibility index (Phi) is 3.71. The highest BCUT2D eigenvalue weighted by molar-refractivity contribution is 5.44. The van der Waals surface area contributed by atoms with Gasteiger partial charge in [0.05, 0.1) is 24.3 Å². The summed E-state index contributed by atoms with van der Waals surface area (Å²) in [7, 11) is 0. The zero-order valence-electron chi connectivity index (χ0n) is 8.14. The minimum Gasteiger partial charge on any atom is -0.389 e. The molecule has 0 aromatic carbocycles. The SMILES string of the molecule is CCCn1cncc1/C=C/C(C)O. The molecule has 0 radical (unpaired) electrons. The average molecular weight is 180 g/mol. The number of imidazole rings is 1. The van der Waals surface area contributed by atoms with Gasteiger partial charge in [-0.2, -0.15) is 0 Å². The molecule has 3 nitrogen and oxygen atoms in total. The van der Waals surface area contributed by atoms with Gasteiger partial charge in [0.2, 0.25) is 0 Å². The molecule has 72 valence electrons. The van der Waals surface area contributed by atoms with E-state index in [9.17, 15) is 0 Å². The maximum absolute atomic E-state index is 9.06. The van der Waals surface area contributed by atoms with Crippen LogP contribution in [0.2, 0.25) is 0 Å². The molecule has 0 fully saturated rings. The van der Waals surface area contributed by atoms with Gasteiger partial charge in [-0.25, -0.2) is 4.98 Å². The molecule has 1 aromatic heterocycles. The van der Waals surface area contributed by atoms with Crippen molar-refractivity contribution >= 4 is 6.08 Å². The van der Waals surface area contributed by atoms with Crippen LogP contribution in [0.3, 0.4) is 0 Å². The fraction of sp³-hybridized carbons (Fsp3) is 0.500. The molecule has 0 aliphatic rings. The van der Waals surface area contributed by atoms with Gasteiger partial charge in [-0.15, -0.1) is 0 Å². The predicted molar refractivity (Wildman–Crippen MR) is 53.2 cm³/mol. The molecule has 1 N–H and O–H groups in total. The first-order chi connectivity index (χ1) is 6.24. The summed E-state index contributed by atoms with van der Waals surface area (Å²) in [5.41, 5.74) is 1.04. The topological polar surface area (TPSA) is 38.0 Å². The summed E-state index contributed by atoms with van der Waals surface area (Å²) in [5, 5.41) is 9.06. The number of aliphatic hydroxyl groups is 1. The van der Waals surface area contributed by atoms with Crippen LogP contribution in [0.15, 0.2) is 18.6 Å². The largest absolute Gasteiger partial charge is 0.389 e. The lowest BCUT2D eigenvalue weighted by Gasteiger charge is -2.02. The number of aliphatic hydroxyl groups excluding tert-OH is 1. The lowest BCUT2D eigenvalue weighted by atomic mass is 10.3. The lowest BCUT2D eigenvalue weighted by molar-refractivity contribution is 0.245. The first kappa shape index (κ1) is 9.99. The number of aryl methyl sites for hydroxylation is 1. The molecule has 1 unspecified atom stereocenters. The number of hydrogen-bond acceptors (Lipinski definition) is 2. The molecule has 0 saturated carbocycles. The van der Waals surface area contributed by atoms with Crippen LogP contribution < -0.4 is 0 Å². The Balaban J connectivity index is 2.70. The van der Waals surface area contributed by atoms with E-state index in [4.69, 9.17) is 5.11 Å². The van der Waals surface area contributed by atoms with Gasteiger partial charge in [0.25, 0.3) is 0 Å². The van der Waals surface area contributed by atoms with Crippen LogP contribution in [0.25, 0.3) is 6.08 Å². The van der Waals surface area contributed by atoms with E-state index < -0.39 is 6.10 Å². The van der Waals surface area contributed by atoms with E-state index in [1.807, 2.05) is 12.4 Å². The Bertz CT molecular complexity index is 276. The molecule has 0 aliphatic carbocycles. The van der Waals surface area contributed by atoms with E-state index in [0.717, 1.165) is 18.7 Å². The lowest BCUT2D eigenvalue weighted by Crippen LogP contribution is -1.98. The van der Waals surface area contributed by atoms with E-state index in [2.05, 4.69) is 16.5 Å². The molecule has 1 atom stereocenters. The highest BCUT2D eigenvalue weighted by Gasteiger charge is 1.96. The van der Waals surface area contributed by atoms with Crippen LogP contribution in [0.4, 0.5) is 0 Å². The third-order valence-corrected chi connectivity index (χ3v) is 1.75. The maximum atomic E-state index is 9.06. The van der Waals surface area contributed by atoms with Crippen LogP contribution in [0.5, 0.6) is 0 Å². The molecule has 0 spiro atoms. The summed E-state index contributed by atoms with van der Waals surface area (Å²) in [6, 6.07) is 0. The fourth-order valence-electron chi connectivity index (χ4n) is 1.14. The van der Waals surface area contributed by atoms with E-state index >= 15 is 0 Å². The summed E-state index contributed by atoms with van der Waals surface area (Å²) in [6.07, 6.45) is 7.95. The first-order valence-corrected chi connectivity index (χ1v) is 4.60. The van der Waals surface area contributed by atoms with Crippen molar-refractivity contribution in [2.45, 2.75) is 32.9 Å². The second-order valence-electron chi connectivity index (χ2n) is 3.11. The van der Waals surface area contributed by atoms with Crippen molar-refractivity contribution in [3.05, 3.63) is 24.3 Å². The zero-order chi connectivity index (χ0) is 9.68. The number of rotatable bonds is 4. The van der Waals surface area contributed by atoms with Crippen molar-refractivity contribution in [2.75, 3.05) is 0 Å². The van der Waals surface area contributed by atoms with E-state index in [-0.39, 0.29) is 0 Å². The molecule has 3 heteroatoms. The molecule has 1 heterocycles. The van der Waals surface area contributed by atoms with Crippen molar-refractivity contribution in [2.24, 2.45) is 0 Å². The van der Waals surface area contributed by atoms with Gasteiger partial charge in [-0.05, 0) is 19.4 Å². The highest BCUT2D eigenvalue weighted by Crippen LogP contribution is 2.03. The molecule has 13 heavy (non-hydrogen) atoms. The van der Waals surface area contributed by atoms with Crippen LogP contribution in [0.1, 0.15) is 26.0 Å². The third kappa shape index (κ3) is 3.03. The van der Waals surface area contributed by atoms with E-state index in [1.165, 1.54) is 0 Å². The van der Waals surface area contributed by atoms with Gasteiger partial charge in [-0.1, -0.05) is 13.0 Å². The molecular formula is C10H16N2O. The number of hydrogen-bond donors (Lipinski definition) is 1. The Hall–Kier alpha value is -1.09. The summed E-state index contributed by atoms with van der Waals surface area (Å²) in [5.74, 6) is 0. The van der Waals surface area contributed by atoms with Crippen LogP contribution >= 0.6 is 0 Å². The smallest absolute Gasteiger partial charge is 0.0950 e. The van der Waals surface area contributed by atoms with Gasteiger partial charge in [-0.3, -0.25) is 0 Å². The van der Waals surface area contributed by atoms with Gasteiger partial charge < -0.3 is 9.67 Å². The van der Waals surface area contributed by atoms with Gasteiger partial charge >= 0.3 is 0 Å². The van der Waals surface area contributed by atoms with Crippen molar-refractivity contribution in [3.63, 3.8) is 0 Å². The molecule has 0 bridgehead atoms. The molecule has 0 saturated heterocycles. The summed E-state index contributed by atoms with van der Waals surface area (Å²) < 4.78 is 2.07. The fourth-order valence-corrected chi connectivity index (χ4v) is 1.14. The second-order valence-corrected chi connectivity index (χ2v) is 3.11. The Morgan fingerprint density at radius 1 is 1.69 bits per heavy atom. The quantitative estimate of drug-likeness (QED) is 0.765. The average Bonchev–Trinajstić information content (AvgIpc) is 2.49. The van der Waals surface area contributed by atoms with Crippen molar-refractivity contribution in [1.29, 1.82) is 0 Å². The van der Waals surface area contributed by atoms with E-state index in [1.54, 1.807) is 19.2 Å². The summed E-state index contributed by atoms with van der Waals surface area (Å²) in [6.45, 7) is 4.83. The van der Waals surface area contributed by atoms with Crippen LogP contribution in [-0.2, 0) is 6.54 Å². The predicted octanol–water partition coefficient (Wildman–Crippen LogP) is 1.69. The van der Waals surface area contributed by atoms with Crippen molar-refractivity contribution in [1.82, 2.24) is 9.55 Å². The molecule has 0 amide bonds. The first-order valence-electron chi connectivity index (χ1n) is 4.60. The summed E-state index contributed by atoms with van der Waals surface area (Å²) in [4.78, 5) is 4.05. The highest BCUT2D eigenvalue weighted by atomic mass is 16.3. The van der Waals surface area contributed by atoms with Crippen LogP contribution in [0, 0.1) is 0 Å². The van der Waals surface area contributed by atoms with Gasteiger partial charge in [0.1, 0.15) is 0 Å². The minimum atomic E-state index is -0.398. The van der Waals surface area contributed by atoms with E-state index in [0.29, 0.717) is 0 Å². The normalized spacial score (nSPS) is 13.8. The molecule has 1 rings (SSSR count). The third-order valence-electron chi connectivity index (χ3n) is 1.75. The number of aromatic nitrogens is 2. The Labute approximate surface area is 78.7 Å². The van der Waals surface area contributed by atoms with Crippen molar-refractivity contribution in [3.8, 4) is 0 Å². The Morgan fingerprint density at radius 3 is 3.08 bits per heavy atom. The van der Waals surface area contributed by atoms with Crippen LogP contribution in [-0.4, -0.2) is 20.8 Å². The number of nitrogens with zero attached hydrogens (tertiary/aromatic N) is 2. The Morgan fingerprint density at radius 2 is 2.46 bits per heavy atom. The molecule has 0 aliphatic heterocycles. The summed E-state index contributed by atoms with van der Waals surface area (Å²) >= 11 is 0. The standard InChI is InChI=1S/C10H16N2O/c1-3-6-12-8-11-7-10(12)5-4-9(2)13/h4-5,7-9,13H,3,6H2,1-2H3/b5-4+. The van der Waals surface area contributed by atoms with Gasteiger partial charge in [0.15, 0.2) is 0 Å². The second kappa shape index (κ2) is 4.82. The van der Waals surface area contributed by atoms with Crippen molar-refractivity contribution < 1.29 is 5.11 Å².